The topological polar surface area (TPSA) is 81.2 Å². The Morgan fingerprint density at radius 3 is 2.23 bits per heavy atom. The molecule has 3 aliphatic rings. The van der Waals surface area contributed by atoms with Crippen molar-refractivity contribution in [2.24, 2.45) is 11.8 Å². The van der Waals surface area contributed by atoms with Gasteiger partial charge >= 0.3 is 0 Å². The van der Waals surface area contributed by atoms with Gasteiger partial charge in [0, 0.05) is 24.9 Å². The molecule has 6 atom stereocenters. The highest BCUT2D eigenvalue weighted by molar-refractivity contribution is 8.02. The first kappa shape index (κ1) is 33.1. The van der Waals surface area contributed by atoms with Gasteiger partial charge in [0.1, 0.15) is 6.04 Å². The lowest BCUT2D eigenvalue weighted by molar-refractivity contribution is -0.145. The molecule has 0 radical (unpaired) electrons. The van der Waals surface area contributed by atoms with Crippen molar-refractivity contribution < 1.29 is 19.5 Å². The van der Waals surface area contributed by atoms with Crippen molar-refractivity contribution in [3.05, 3.63) is 126 Å². The van der Waals surface area contributed by atoms with E-state index in [-0.39, 0.29) is 36.1 Å². The third-order valence-electron chi connectivity index (χ3n) is 9.77. The number of aliphatic hydroxyl groups is 1. The number of likely N-dealkylation sites (tertiary alicyclic amines) is 1. The molecular weight excluding hydrogens is 630 g/mol. The van der Waals surface area contributed by atoms with Gasteiger partial charge in [-0.25, -0.2) is 0 Å². The standard InChI is InChI=1S/C38H40ClN3O4S/c1-3-21-40(24-27-15-9-6-10-16-27)35(44)32-31-19-20-38(47-31)33(32)36(45)42(28(25-43)23-26-13-7-5-8-14-26)34(38)37(46)41(22-4-2)30-18-12-11-17-29(30)39/h3-18,28,31-34,43H,1-2,19-25H2/t28-,31+,32-,33+,34?,38?/m1/s1. The van der Waals surface area contributed by atoms with Crippen molar-refractivity contribution >= 4 is 46.8 Å². The van der Waals surface area contributed by atoms with Gasteiger partial charge in [-0.05, 0) is 42.5 Å². The largest absolute Gasteiger partial charge is 0.394 e. The number of carbonyl (C=O) groups excluding carboxylic acids is 3. The number of fused-ring (bicyclic) bond motifs is 1. The minimum absolute atomic E-state index is 0.100. The number of nitrogens with zero attached hydrogens (tertiary/aromatic N) is 3. The van der Waals surface area contributed by atoms with E-state index in [0.717, 1.165) is 11.1 Å². The Balaban J connectivity index is 1.43. The lowest BCUT2D eigenvalue weighted by atomic mass is 9.70. The molecule has 1 N–H and O–H groups in total. The van der Waals surface area contributed by atoms with Gasteiger partial charge in [-0.1, -0.05) is 96.5 Å². The zero-order chi connectivity index (χ0) is 33.1. The van der Waals surface area contributed by atoms with Crippen LogP contribution < -0.4 is 4.90 Å². The van der Waals surface area contributed by atoms with E-state index in [9.17, 15) is 14.7 Å². The molecule has 3 saturated heterocycles. The number of hydrogen-bond donors (Lipinski definition) is 1. The molecule has 1 spiro atoms. The van der Waals surface area contributed by atoms with Crippen LogP contribution in [0.1, 0.15) is 24.0 Å². The summed E-state index contributed by atoms with van der Waals surface area (Å²) in [5.74, 6) is -1.94. The van der Waals surface area contributed by atoms with Crippen molar-refractivity contribution in [1.82, 2.24) is 9.80 Å². The predicted molar refractivity (Wildman–Crippen MR) is 188 cm³/mol. The SMILES string of the molecule is C=CCN(Cc1ccccc1)C(=O)[C@@H]1[C@@H]2CCC3(S2)C(C(=O)N(CC=C)c2ccccc2Cl)N([C@@H](CO)Cc2ccccc2)C(=O)[C@H]13. The number of thioether (sulfide) groups is 1. The molecule has 3 aliphatic heterocycles. The third kappa shape index (κ3) is 6.03. The number of rotatable bonds is 13. The quantitative estimate of drug-likeness (QED) is 0.234. The molecule has 0 aromatic heterocycles. The summed E-state index contributed by atoms with van der Waals surface area (Å²) in [6.45, 7) is 8.40. The first-order valence-corrected chi connectivity index (χ1v) is 17.4. The molecule has 6 rings (SSSR count). The normalized spacial score (nSPS) is 24.9. The summed E-state index contributed by atoms with van der Waals surface area (Å²) in [4.78, 5) is 49.5. The second kappa shape index (κ2) is 14.1. The fraction of sp³-hybridized carbons (Fsp3) is 0.342. The van der Waals surface area contributed by atoms with Crippen LogP contribution in [0.5, 0.6) is 0 Å². The van der Waals surface area contributed by atoms with Crippen molar-refractivity contribution in [2.45, 2.75) is 47.9 Å². The molecule has 7 nitrogen and oxygen atoms in total. The molecule has 2 bridgehead atoms. The maximum atomic E-state index is 15.0. The molecule has 3 aromatic carbocycles. The highest BCUT2D eigenvalue weighted by atomic mass is 35.5. The number of para-hydroxylation sites is 1. The lowest BCUT2D eigenvalue weighted by Gasteiger charge is -2.40. The molecule has 0 saturated carbocycles. The van der Waals surface area contributed by atoms with Crippen LogP contribution in [0.25, 0.3) is 0 Å². The molecule has 2 unspecified atom stereocenters. The molecule has 9 heteroatoms. The Labute approximate surface area is 285 Å². The van der Waals surface area contributed by atoms with E-state index in [1.165, 1.54) is 0 Å². The molecule has 244 valence electrons. The first-order chi connectivity index (χ1) is 22.8. The third-order valence-corrected chi connectivity index (χ3v) is 12.0. The van der Waals surface area contributed by atoms with Crippen LogP contribution in [0.3, 0.4) is 0 Å². The van der Waals surface area contributed by atoms with Crippen LogP contribution in [-0.2, 0) is 27.3 Å². The number of hydrogen-bond acceptors (Lipinski definition) is 5. The molecule has 0 aliphatic carbocycles. The minimum atomic E-state index is -0.910. The first-order valence-electron chi connectivity index (χ1n) is 16.1. The summed E-state index contributed by atoms with van der Waals surface area (Å²) in [5.41, 5.74) is 2.46. The summed E-state index contributed by atoms with van der Waals surface area (Å²) >= 11 is 8.26. The number of amides is 3. The van der Waals surface area contributed by atoms with E-state index in [0.29, 0.717) is 43.1 Å². The van der Waals surface area contributed by atoms with Crippen LogP contribution >= 0.6 is 23.4 Å². The summed E-state index contributed by atoms with van der Waals surface area (Å²) in [5, 5.41) is 11.2. The lowest BCUT2D eigenvalue weighted by Crippen LogP contribution is -2.58. The van der Waals surface area contributed by atoms with Gasteiger partial charge in [0.15, 0.2) is 0 Å². The Hall–Kier alpha value is -3.85. The molecule has 47 heavy (non-hydrogen) atoms. The Kier molecular flexibility index (Phi) is 9.92. The highest BCUT2D eigenvalue weighted by Crippen LogP contribution is 2.67. The van der Waals surface area contributed by atoms with E-state index in [2.05, 4.69) is 13.2 Å². The highest BCUT2D eigenvalue weighted by Gasteiger charge is 2.74. The summed E-state index contributed by atoms with van der Waals surface area (Å²) < 4.78 is -0.837. The maximum absolute atomic E-state index is 15.0. The molecule has 3 aromatic rings. The smallest absolute Gasteiger partial charge is 0.251 e. The van der Waals surface area contributed by atoms with Gasteiger partial charge < -0.3 is 19.8 Å². The van der Waals surface area contributed by atoms with E-state index in [4.69, 9.17) is 11.6 Å². The number of halogens is 1. The van der Waals surface area contributed by atoms with Crippen LogP contribution in [0.2, 0.25) is 5.02 Å². The van der Waals surface area contributed by atoms with Crippen LogP contribution in [-0.4, -0.2) is 74.4 Å². The van der Waals surface area contributed by atoms with E-state index < -0.39 is 28.7 Å². The Bertz CT molecular complexity index is 1640. The molecule has 3 fully saturated rings. The number of aliphatic hydroxyl groups excluding tert-OH is 1. The number of carbonyl (C=O) groups is 3. The van der Waals surface area contributed by atoms with Gasteiger partial charge in [-0.2, -0.15) is 0 Å². The average molecular weight is 670 g/mol. The fourth-order valence-electron chi connectivity index (χ4n) is 7.84. The Morgan fingerprint density at radius 2 is 1.60 bits per heavy atom. The zero-order valence-corrected chi connectivity index (χ0v) is 27.9. The summed E-state index contributed by atoms with van der Waals surface area (Å²) in [7, 11) is 0. The van der Waals surface area contributed by atoms with Crippen LogP contribution in [0.4, 0.5) is 5.69 Å². The number of anilines is 1. The van der Waals surface area contributed by atoms with Gasteiger partial charge in [0.05, 0.1) is 39.9 Å². The van der Waals surface area contributed by atoms with E-state index >= 15 is 4.79 Å². The Morgan fingerprint density at radius 1 is 0.957 bits per heavy atom. The monoisotopic (exact) mass is 669 g/mol. The van der Waals surface area contributed by atoms with Gasteiger partial charge in [-0.3, -0.25) is 14.4 Å². The summed E-state index contributed by atoms with van der Waals surface area (Å²) in [6.07, 6.45) is 5.06. The van der Waals surface area contributed by atoms with E-state index in [1.807, 2.05) is 66.7 Å². The molecule has 3 heterocycles. The predicted octanol–water partition coefficient (Wildman–Crippen LogP) is 5.77. The van der Waals surface area contributed by atoms with Crippen molar-refractivity contribution in [3.8, 4) is 0 Å². The molecular formula is C38H40ClN3O4S. The van der Waals surface area contributed by atoms with Crippen molar-refractivity contribution in [1.29, 1.82) is 0 Å². The average Bonchev–Trinajstić information content (AvgIpc) is 3.74. The fourth-order valence-corrected chi connectivity index (χ4v) is 10.3. The molecule has 3 amide bonds. The van der Waals surface area contributed by atoms with Crippen LogP contribution in [0, 0.1) is 11.8 Å². The summed E-state index contributed by atoms with van der Waals surface area (Å²) in [6, 6.07) is 25.0. The maximum Gasteiger partial charge on any atom is 0.251 e. The zero-order valence-electron chi connectivity index (χ0n) is 26.3. The van der Waals surface area contributed by atoms with Gasteiger partial charge in [0.2, 0.25) is 11.8 Å². The second-order valence-electron chi connectivity index (χ2n) is 12.5. The van der Waals surface area contributed by atoms with Crippen molar-refractivity contribution in [2.75, 3.05) is 24.6 Å². The van der Waals surface area contributed by atoms with E-state index in [1.54, 1.807) is 56.8 Å². The van der Waals surface area contributed by atoms with Crippen LogP contribution in [0.15, 0.2) is 110 Å². The van der Waals surface area contributed by atoms with Gasteiger partial charge in [-0.15, -0.1) is 24.9 Å². The van der Waals surface area contributed by atoms with Gasteiger partial charge in [0.25, 0.3) is 5.91 Å². The minimum Gasteiger partial charge on any atom is -0.394 e. The van der Waals surface area contributed by atoms with Crippen molar-refractivity contribution in [3.63, 3.8) is 0 Å². The second-order valence-corrected chi connectivity index (χ2v) is 14.5. The number of benzene rings is 3.